The maximum Gasteiger partial charge on any atom is 0.269 e. The van der Waals surface area contributed by atoms with Gasteiger partial charge in [0, 0.05) is 23.3 Å². The number of carbonyl (C=O) groups excluding carboxylic acids is 1. The van der Waals surface area contributed by atoms with Crippen LogP contribution in [0.1, 0.15) is 15.9 Å². The van der Waals surface area contributed by atoms with Crippen LogP contribution < -0.4 is 4.74 Å². The van der Waals surface area contributed by atoms with Crippen LogP contribution in [0.5, 0.6) is 5.75 Å². The van der Waals surface area contributed by atoms with Crippen molar-refractivity contribution in [2.75, 3.05) is 7.11 Å². The lowest BCUT2D eigenvalue weighted by Gasteiger charge is -2.03. The van der Waals surface area contributed by atoms with E-state index in [0.717, 1.165) is 0 Å². The molecule has 2 aromatic rings. The van der Waals surface area contributed by atoms with Crippen molar-refractivity contribution in [3.63, 3.8) is 0 Å². The number of nitro groups is 1. The predicted octanol–water partition coefficient (Wildman–Crippen LogP) is 2.83. The minimum absolute atomic E-state index is 0.0359. The van der Waals surface area contributed by atoms with Crippen LogP contribution in [-0.2, 0) is 0 Å². The Labute approximate surface area is 109 Å². The molecule has 0 aliphatic heterocycles. The number of ketones is 1. The van der Waals surface area contributed by atoms with E-state index in [9.17, 15) is 14.9 Å². The van der Waals surface area contributed by atoms with E-state index in [2.05, 4.69) is 0 Å². The van der Waals surface area contributed by atoms with Gasteiger partial charge in [0.1, 0.15) is 5.75 Å². The molecule has 0 atom stereocenters. The van der Waals surface area contributed by atoms with Gasteiger partial charge in [-0.3, -0.25) is 14.9 Å². The van der Waals surface area contributed by atoms with Crippen LogP contribution in [0.4, 0.5) is 5.69 Å². The average Bonchev–Trinajstić information content (AvgIpc) is 2.46. The van der Waals surface area contributed by atoms with Crippen molar-refractivity contribution in [3.05, 3.63) is 69.8 Å². The van der Waals surface area contributed by atoms with Gasteiger partial charge in [0.2, 0.25) is 0 Å². The van der Waals surface area contributed by atoms with Gasteiger partial charge in [0.05, 0.1) is 12.0 Å². The van der Waals surface area contributed by atoms with E-state index in [1.54, 1.807) is 31.4 Å². The Bertz CT molecular complexity index is 602. The maximum atomic E-state index is 12.1. The van der Waals surface area contributed by atoms with Gasteiger partial charge in [0.25, 0.3) is 5.69 Å². The van der Waals surface area contributed by atoms with E-state index in [0.29, 0.717) is 16.9 Å². The van der Waals surface area contributed by atoms with Crippen molar-refractivity contribution in [3.8, 4) is 5.75 Å². The molecular weight excluding hydrogens is 246 g/mol. The molecule has 0 aromatic heterocycles. The van der Waals surface area contributed by atoms with Gasteiger partial charge in [-0.25, -0.2) is 0 Å². The zero-order chi connectivity index (χ0) is 13.8. The van der Waals surface area contributed by atoms with Crippen LogP contribution in [0.25, 0.3) is 0 Å². The Kier molecular flexibility index (Phi) is 3.56. The average molecular weight is 257 g/mol. The molecule has 0 heterocycles. The molecule has 0 unspecified atom stereocenters. The lowest BCUT2D eigenvalue weighted by molar-refractivity contribution is -0.384. The SMILES string of the molecule is COc1ccc(C(=O)c2ccc([N+](=O)[O-])cc2)cc1. The summed E-state index contributed by atoms with van der Waals surface area (Å²) in [7, 11) is 1.55. The topological polar surface area (TPSA) is 69.4 Å². The van der Waals surface area contributed by atoms with Crippen LogP contribution in [0.15, 0.2) is 48.5 Å². The summed E-state index contributed by atoms with van der Waals surface area (Å²) in [6.45, 7) is 0. The van der Waals surface area contributed by atoms with E-state index < -0.39 is 4.92 Å². The molecule has 2 rings (SSSR count). The molecule has 0 aliphatic rings. The third-order valence-corrected chi connectivity index (χ3v) is 2.69. The van der Waals surface area contributed by atoms with E-state index in [-0.39, 0.29) is 11.5 Å². The maximum absolute atomic E-state index is 12.1. The quantitative estimate of drug-likeness (QED) is 0.479. The first kappa shape index (κ1) is 12.8. The summed E-state index contributed by atoms with van der Waals surface area (Å²) in [6.07, 6.45) is 0. The van der Waals surface area contributed by atoms with Crippen LogP contribution in [-0.4, -0.2) is 17.8 Å². The Morgan fingerprint density at radius 3 is 1.89 bits per heavy atom. The lowest BCUT2D eigenvalue weighted by atomic mass is 10.0. The number of nitrogens with zero attached hydrogens (tertiary/aromatic N) is 1. The van der Waals surface area contributed by atoms with Crippen molar-refractivity contribution < 1.29 is 14.5 Å². The van der Waals surface area contributed by atoms with Crippen LogP contribution in [0.3, 0.4) is 0 Å². The molecule has 19 heavy (non-hydrogen) atoms. The number of nitro benzene ring substituents is 1. The minimum atomic E-state index is -0.498. The molecule has 5 nitrogen and oxygen atoms in total. The first-order valence-electron chi connectivity index (χ1n) is 5.55. The van der Waals surface area contributed by atoms with Gasteiger partial charge in [-0.2, -0.15) is 0 Å². The fourth-order valence-electron chi connectivity index (χ4n) is 1.64. The minimum Gasteiger partial charge on any atom is -0.497 e. The van der Waals surface area contributed by atoms with Crippen molar-refractivity contribution in [2.24, 2.45) is 0 Å². The van der Waals surface area contributed by atoms with Gasteiger partial charge >= 0.3 is 0 Å². The molecule has 0 saturated carbocycles. The van der Waals surface area contributed by atoms with Gasteiger partial charge in [-0.15, -0.1) is 0 Å². The van der Waals surface area contributed by atoms with Gasteiger partial charge < -0.3 is 4.74 Å². The normalized spacial score (nSPS) is 9.95. The Hall–Kier alpha value is -2.69. The van der Waals surface area contributed by atoms with Gasteiger partial charge in [-0.05, 0) is 36.4 Å². The number of ether oxygens (including phenoxy) is 1. The lowest BCUT2D eigenvalue weighted by Crippen LogP contribution is -2.01. The van der Waals surface area contributed by atoms with Crippen molar-refractivity contribution in [2.45, 2.75) is 0 Å². The molecule has 5 heteroatoms. The van der Waals surface area contributed by atoms with Crippen LogP contribution in [0, 0.1) is 10.1 Å². The highest BCUT2D eigenvalue weighted by molar-refractivity contribution is 6.09. The second kappa shape index (κ2) is 5.30. The van der Waals surface area contributed by atoms with Gasteiger partial charge in [0.15, 0.2) is 5.78 Å². The summed E-state index contributed by atoms with van der Waals surface area (Å²) < 4.78 is 5.01. The zero-order valence-corrected chi connectivity index (χ0v) is 10.2. The standard InChI is InChI=1S/C14H11NO4/c1-19-13-8-4-11(5-9-13)14(16)10-2-6-12(7-3-10)15(17)18/h2-9H,1H3. The van der Waals surface area contributed by atoms with Crippen LogP contribution >= 0.6 is 0 Å². The van der Waals surface area contributed by atoms with Crippen molar-refractivity contribution in [1.82, 2.24) is 0 Å². The van der Waals surface area contributed by atoms with E-state index >= 15 is 0 Å². The monoisotopic (exact) mass is 257 g/mol. The molecule has 0 N–H and O–H groups in total. The predicted molar refractivity (Wildman–Crippen MR) is 69.5 cm³/mol. The molecule has 0 amide bonds. The molecule has 96 valence electrons. The second-order valence-electron chi connectivity index (χ2n) is 3.86. The number of hydrogen-bond donors (Lipinski definition) is 0. The Morgan fingerprint density at radius 1 is 1.00 bits per heavy atom. The number of non-ortho nitro benzene ring substituents is 1. The Morgan fingerprint density at radius 2 is 1.47 bits per heavy atom. The Balaban J connectivity index is 2.25. The number of benzene rings is 2. The number of carbonyl (C=O) groups is 1. The number of rotatable bonds is 4. The molecule has 0 bridgehead atoms. The summed E-state index contributed by atoms with van der Waals surface area (Å²) in [5.41, 5.74) is 0.886. The summed E-state index contributed by atoms with van der Waals surface area (Å²) in [6, 6.07) is 12.2. The highest BCUT2D eigenvalue weighted by Crippen LogP contribution is 2.17. The molecular formula is C14H11NO4. The second-order valence-corrected chi connectivity index (χ2v) is 3.86. The smallest absolute Gasteiger partial charge is 0.269 e. The van der Waals surface area contributed by atoms with E-state index in [1.165, 1.54) is 24.3 Å². The highest BCUT2D eigenvalue weighted by atomic mass is 16.6. The number of hydrogen-bond acceptors (Lipinski definition) is 4. The van der Waals surface area contributed by atoms with Gasteiger partial charge in [-0.1, -0.05) is 0 Å². The first-order valence-corrected chi connectivity index (χ1v) is 5.55. The fourth-order valence-corrected chi connectivity index (χ4v) is 1.64. The van der Waals surface area contributed by atoms with Crippen LogP contribution in [0.2, 0.25) is 0 Å². The molecule has 0 spiro atoms. The van der Waals surface area contributed by atoms with Crippen molar-refractivity contribution >= 4 is 11.5 Å². The summed E-state index contributed by atoms with van der Waals surface area (Å²) >= 11 is 0. The van der Waals surface area contributed by atoms with E-state index in [1.807, 2.05) is 0 Å². The molecule has 0 aliphatic carbocycles. The summed E-state index contributed by atoms with van der Waals surface area (Å²) in [4.78, 5) is 22.1. The largest absolute Gasteiger partial charge is 0.497 e. The third kappa shape index (κ3) is 2.77. The molecule has 0 radical (unpaired) electrons. The summed E-state index contributed by atoms with van der Waals surface area (Å²) in [5.74, 6) is 0.484. The molecule has 0 saturated heterocycles. The summed E-state index contributed by atoms with van der Waals surface area (Å²) in [5, 5.41) is 10.5. The number of methoxy groups -OCH3 is 1. The van der Waals surface area contributed by atoms with Crippen molar-refractivity contribution in [1.29, 1.82) is 0 Å². The molecule has 0 fully saturated rings. The molecule has 2 aromatic carbocycles. The fraction of sp³-hybridized carbons (Fsp3) is 0.0714. The third-order valence-electron chi connectivity index (χ3n) is 2.69. The zero-order valence-electron chi connectivity index (χ0n) is 10.2. The highest BCUT2D eigenvalue weighted by Gasteiger charge is 2.11. The first-order chi connectivity index (χ1) is 9.11. The van der Waals surface area contributed by atoms with E-state index in [4.69, 9.17) is 4.74 Å².